The number of hydrogen-bond donors (Lipinski definition) is 3. The van der Waals surface area contributed by atoms with E-state index in [9.17, 15) is 4.79 Å². The molecule has 0 saturated heterocycles. The van der Waals surface area contributed by atoms with Crippen LogP contribution in [-0.2, 0) is 0 Å². The number of nitrogens with one attached hydrogen (secondary N) is 2. The van der Waals surface area contributed by atoms with E-state index >= 15 is 0 Å². The van der Waals surface area contributed by atoms with Crippen LogP contribution in [0, 0.1) is 0 Å². The smallest absolute Gasteiger partial charge is 0.257 e. The monoisotopic (exact) mass is 330 g/mol. The van der Waals surface area contributed by atoms with E-state index in [1.807, 2.05) is 18.2 Å². The molecule has 5 nitrogen and oxygen atoms in total. The molecule has 1 amide bonds. The van der Waals surface area contributed by atoms with Crippen molar-refractivity contribution >= 4 is 44.1 Å². The molecule has 0 aliphatic carbocycles. The van der Waals surface area contributed by atoms with Gasteiger partial charge in [-0.3, -0.25) is 9.89 Å². The van der Waals surface area contributed by atoms with Gasteiger partial charge in [0, 0.05) is 15.5 Å². The van der Waals surface area contributed by atoms with Crippen LogP contribution in [-0.4, -0.2) is 16.1 Å². The van der Waals surface area contributed by atoms with Gasteiger partial charge in [0.15, 0.2) is 0 Å². The van der Waals surface area contributed by atoms with Gasteiger partial charge in [0.05, 0.1) is 23.0 Å². The predicted octanol–water partition coefficient (Wildman–Crippen LogP) is 3.16. The molecule has 3 rings (SSSR count). The third-order valence-electron chi connectivity index (χ3n) is 2.98. The lowest BCUT2D eigenvalue weighted by Gasteiger charge is -2.08. The van der Waals surface area contributed by atoms with Crippen molar-refractivity contribution in [2.24, 2.45) is 0 Å². The zero-order chi connectivity index (χ0) is 14.1. The number of fused-ring (bicyclic) bond motifs is 1. The number of nitrogen functional groups attached to an aromatic ring is 1. The number of nitrogens with two attached hydrogens (primary N) is 1. The van der Waals surface area contributed by atoms with Crippen LogP contribution in [0.5, 0.6) is 0 Å². The molecule has 1 heterocycles. The summed E-state index contributed by atoms with van der Waals surface area (Å²) in [5, 5.41) is 10.6. The summed E-state index contributed by atoms with van der Waals surface area (Å²) in [7, 11) is 0. The first-order chi connectivity index (χ1) is 9.65. The van der Waals surface area contributed by atoms with Crippen molar-refractivity contribution in [2.45, 2.75) is 0 Å². The molecule has 4 N–H and O–H groups in total. The lowest BCUT2D eigenvalue weighted by atomic mass is 10.1. The Kier molecular flexibility index (Phi) is 3.15. The van der Waals surface area contributed by atoms with Crippen LogP contribution in [0.1, 0.15) is 10.4 Å². The van der Waals surface area contributed by atoms with E-state index in [-0.39, 0.29) is 5.91 Å². The molecule has 3 aromatic rings. The molecular weight excluding hydrogens is 320 g/mol. The number of para-hydroxylation sites is 1. The number of aromatic nitrogens is 2. The fourth-order valence-electron chi connectivity index (χ4n) is 2.00. The first-order valence-electron chi connectivity index (χ1n) is 5.93. The Labute approximate surface area is 123 Å². The van der Waals surface area contributed by atoms with Gasteiger partial charge in [-0.15, -0.1) is 0 Å². The molecule has 0 aliphatic heterocycles. The van der Waals surface area contributed by atoms with Gasteiger partial charge in [-0.1, -0.05) is 28.1 Å². The zero-order valence-corrected chi connectivity index (χ0v) is 11.9. The van der Waals surface area contributed by atoms with E-state index in [0.29, 0.717) is 16.9 Å². The highest BCUT2D eigenvalue weighted by molar-refractivity contribution is 9.10. The lowest BCUT2D eigenvalue weighted by molar-refractivity contribution is 0.102. The molecular formula is C14H11BrN4O. The maximum atomic E-state index is 12.3. The van der Waals surface area contributed by atoms with Crippen molar-refractivity contribution in [1.29, 1.82) is 0 Å². The average Bonchev–Trinajstić information content (AvgIpc) is 2.87. The van der Waals surface area contributed by atoms with E-state index in [0.717, 1.165) is 15.4 Å². The van der Waals surface area contributed by atoms with Crippen molar-refractivity contribution < 1.29 is 4.79 Å². The minimum atomic E-state index is -0.253. The van der Waals surface area contributed by atoms with Gasteiger partial charge in [-0.2, -0.15) is 5.10 Å². The van der Waals surface area contributed by atoms with E-state index in [4.69, 9.17) is 5.73 Å². The molecule has 0 aliphatic rings. The molecule has 0 radical (unpaired) electrons. The number of carbonyl (C=O) groups is 1. The SMILES string of the molecule is Nc1cc(Br)ccc1C(=O)Nc1cccc2cn[nH]c12. The highest BCUT2D eigenvalue weighted by Gasteiger charge is 2.12. The van der Waals surface area contributed by atoms with Crippen LogP contribution >= 0.6 is 15.9 Å². The van der Waals surface area contributed by atoms with Crippen molar-refractivity contribution in [2.75, 3.05) is 11.1 Å². The van der Waals surface area contributed by atoms with Gasteiger partial charge in [0.25, 0.3) is 5.91 Å². The van der Waals surface area contributed by atoms with Gasteiger partial charge in [-0.05, 0) is 24.3 Å². The van der Waals surface area contributed by atoms with Crippen LogP contribution in [0.15, 0.2) is 47.1 Å². The molecule has 0 atom stereocenters. The maximum absolute atomic E-state index is 12.3. The largest absolute Gasteiger partial charge is 0.398 e. The van der Waals surface area contributed by atoms with E-state index in [1.54, 1.807) is 24.4 Å². The van der Waals surface area contributed by atoms with Crippen molar-refractivity contribution in [3.8, 4) is 0 Å². The highest BCUT2D eigenvalue weighted by Crippen LogP contribution is 2.23. The fraction of sp³-hybridized carbons (Fsp3) is 0. The third-order valence-corrected chi connectivity index (χ3v) is 3.48. The summed E-state index contributed by atoms with van der Waals surface area (Å²) >= 11 is 3.31. The molecule has 0 unspecified atom stereocenters. The van der Waals surface area contributed by atoms with Crippen LogP contribution < -0.4 is 11.1 Å². The quantitative estimate of drug-likeness (QED) is 0.631. The molecule has 2 aromatic carbocycles. The number of H-pyrrole nitrogens is 1. The first kappa shape index (κ1) is 12.7. The van der Waals surface area contributed by atoms with Gasteiger partial charge < -0.3 is 11.1 Å². The van der Waals surface area contributed by atoms with Crippen LogP contribution in [0.2, 0.25) is 0 Å². The minimum absolute atomic E-state index is 0.253. The second-order valence-electron chi connectivity index (χ2n) is 4.33. The highest BCUT2D eigenvalue weighted by atomic mass is 79.9. The fourth-order valence-corrected chi connectivity index (χ4v) is 2.38. The molecule has 100 valence electrons. The van der Waals surface area contributed by atoms with Crippen molar-refractivity contribution in [3.05, 3.63) is 52.6 Å². The van der Waals surface area contributed by atoms with E-state index < -0.39 is 0 Å². The molecule has 0 spiro atoms. The number of rotatable bonds is 2. The van der Waals surface area contributed by atoms with Crippen molar-refractivity contribution in [3.63, 3.8) is 0 Å². The summed E-state index contributed by atoms with van der Waals surface area (Å²) in [5.74, 6) is -0.253. The Morgan fingerprint density at radius 3 is 2.95 bits per heavy atom. The van der Waals surface area contributed by atoms with Crippen LogP contribution in [0.25, 0.3) is 10.9 Å². The Morgan fingerprint density at radius 1 is 1.30 bits per heavy atom. The number of halogens is 1. The number of nitrogens with zero attached hydrogens (tertiary/aromatic N) is 1. The second kappa shape index (κ2) is 4.97. The zero-order valence-electron chi connectivity index (χ0n) is 10.4. The number of hydrogen-bond acceptors (Lipinski definition) is 3. The number of benzene rings is 2. The molecule has 6 heteroatoms. The van der Waals surface area contributed by atoms with Crippen molar-refractivity contribution in [1.82, 2.24) is 10.2 Å². The second-order valence-corrected chi connectivity index (χ2v) is 5.24. The van der Waals surface area contributed by atoms with Crippen LogP contribution in [0.3, 0.4) is 0 Å². The summed E-state index contributed by atoms with van der Waals surface area (Å²) in [6, 6.07) is 10.8. The summed E-state index contributed by atoms with van der Waals surface area (Å²) in [4.78, 5) is 12.3. The normalized spacial score (nSPS) is 10.7. The van der Waals surface area contributed by atoms with Gasteiger partial charge in [-0.25, -0.2) is 0 Å². The third kappa shape index (κ3) is 2.25. The summed E-state index contributed by atoms with van der Waals surface area (Å²) in [6.45, 7) is 0. The molecule has 1 aromatic heterocycles. The number of carbonyl (C=O) groups excluding carboxylic acids is 1. The topological polar surface area (TPSA) is 83.8 Å². The van der Waals surface area contributed by atoms with Gasteiger partial charge in [0.1, 0.15) is 0 Å². The van der Waals surface area contributed by atoms with E-state index in [2.05, 4.69) is 31.4 Å². The average molecular weight is 331 g/mol. The van der Waals surface area contributed by atoms with E-state index in [1.165, 1.54) is 0 Å². The predicted molar refractivity (Wildman–Crippen MR) is 82.6 cm³/mol. The Morgan fingerprint density at radius 2 is 2.15 bits per heavy atom. The van der Waals surface area contributed by atoms with Crippen LogP contribution in [0.4, 0.5) is 11.4 Å². The summed E-state index contributed by atoms with van der Waals surface area (Å²) < 4.78 is 0.835. The first-order valence-corrected chi connectivity index (χ1v) is 6.73. The number of aromatic amines is 1. The number of anilines is 2. The van der Waals surface area contributed by atoms with Gasteiger partial charge >= 0.3 is 0 Å². The Balaban J connectivity index is 1.94. The molecule has 0 bridgehead atoms. The molecule has 0 saturated carbocycles. The Hall–Kier alpha value is -2.34. The lowest BCUT2D eigenvalue weighted by Crippen LogP contribution is -2.14. The maximum Gasteiger partial charge on any atom is 0.257 e. The minimum Gasteiger partial charge on any atom is -0.398 e. The van der Waals surface area contributed by atoms with Gasteiger partial charge in [0.2, 0.25) is 0 Å². The number of amides is 1. The standard InChI is InChI=1S/C14H11BrN4O/c15-9-4-5-10(11(16)6-9)14(20)18-12-3-1-2-8-7-17-19-13(8)12/h1-7H,16H2,(H,17,19)(H,18,20). The molecule has 20 heavy (non-hydrogen) atoms. The summed E-state index contributed by atoms with van der Waals surface area (Å²) in [6.07, 6.45) is 1.71. The summed E-state index contributed by atoms with van der Waals surface area (Å²) in [5.41, 5.74) is 8.18. The molecule has 0 fully saturated rings. The Bertz CT molecular complexity index is 797.